The van der Waals surface area contributed by atoms with Gasteiger partial charge >= 0.3 is 30.0 Å². The maximum atomic E-state index is 11.9. The molecule has 0 saturated carbocycles. The average molecular weight is 466 g/mol. The molecule has 0 spiro atoms. The van der Waals surface area contributed by atoms with Gasteiger partial charge in [0, 0.05) is 19.0 Å². The Kier molecular flexibility index (Phi) is 14.6. The zero-order valence-electron chi connectivity index (χ0n) is 18.5. The molecule has 4 amide bonds. The van der Waals surface area contributed by atoms with Crippen molar-refractivity contribution in [1.82, 2.24) is 21.3 Å². The first-order chi connectivity index (χ1) is 15.6. The number of carbonyl (C=O) groups is 5. The number of carboxylic acid groups (broad SMARTS) is 3. The minimum atomic E-state index is -1.47. The molecule has 12 nitrogen and oxygen atoms in total. The van der Waals surface area contributed by atoms with Crippen molar-refractivity contribution in [1.29, 1.82) is 0 Å². The van der Waals surface area contributed by atoms with E-state index in [4.69, 9.17) is 10.2 Å². The van der Waals surface area contributed by atoms with E-state index in [1.165, 1.54) is 0 Å². The number of rotatable bonds is 14. The molecule has 0 aromatic heterocycles. The molecule has 2 atom stereocenters. The lowest BCUT2D eigenvalue weighted by Gasteiger charge is -2.18. The number of hydrogen-bond donors (Lipinski definition) is 7. The third-order valence-corrected chi connectivity index (χ3v) is 4.03. The number of hydrogen-bond acceptors (Lipinski definition) is 5. The lowest BCUT2D eigenvalue weighted by molar-refractivity contribution is -0.140. The molecule has 12 heteroatoms. The van der Waals surface area contributed by atoms with Crippen molar-refractivity contribution in [2.75, 3.05) is 6.54 Å². The highest BCUT2D eigenvalue weighted by atomic mass is 16.4. The topological polar surface area (TPSA) is 194 Å². The molecule has 0 bridgehead atoms. The summed E-state index contributed by atoms with van der Waals surface area (Å²) < 4.78 is 0. The standard InChI is InChI=1S/C21H30N4O8/c1-3-5-9-14(8-4-2)23-20(32)22-13-7-6-10-15(18(28)29)24-21(33)25-16(19(30)31)11-12-17(26)27/h4,8-9,15-16H,6-7,10-13H2,1-2H3,(H,26,27)(H,28,29)(H,30,31)(H2,22,23,32)(H2,24,25,33)/b8-4-,14-9+. The number of carbonyl (C=O) groups excluding carboxylic acids is 2. The molecule has 0 heterocycles. The van der Waals surface area contributed by atoms with Crippen molar-refractivity contribution >= 4 is 30.0 Å². The van der Waals surface area contributed by atoms with Crippen molar-refractivity contribution < 1.29 is 39.3 Å². The van der Waals surface area contributed by atoms with Gasteiger partial charge in [0.05, 0.1) is 5.70 Å². The van der Waals surface area contributed by atoms with Crippen LogP contribution in [0.25, 0.3) is 0 Å². The molecular weight excluding hydrogens is 436 g/mol. The van der Waals surface area contributed by atoms with Gasteiger partial charge in [-0.05, 0) is 45.6 Å². The van der Waals surface area contributed by atoms with Crippen LogP contribution in [0.4, 0.5) is 9.59 Å². The monoisotopic (exact) mass is 466 g/mol. The summed E-state index contributed by atoms with van der Waals surface area (Å²) in [6, 6.07) is -4.24. The molecule has 33 heavy (non-hydrogen) atoms. The Hall–Kier alpha value is -4.01. The predicted molar refractivity (Wildman–Crippen MR) is 118 cm³/mol. The Morgan fingerprint density at radius 2 is 1.52 bits per heavy atom. The molecule has 0 aliphatic heterocycles. The van der Waals surface area contributed by atoms with Crippen LogP contribution in [0.3, 0.4) is 0 Å². The van der Waals surface area contributed by atoms with Gasteiger partial charge in [0.15, 0.2) is 0 Å². The number of nitrogens with one attached hydrogen (secondary N) is 4. The highest BCUT2D eigenvalue weighted by molar-refractivity contribution is 5.86. The van der Waals surface area contributed by atoms with Crippen molar-refractivity contribution in [2.24, 2.45) is 0 Å². The molecule has 0 fully saturated rings. The number of urea groups is 2. The summed E-state index contributed by atoms with van der Waals surface area (Å²) in [5, 5.41) is 36.4. The number of unbranched alkanes of at least 4 members (excludes halogenated alkanes) is 1. The number of carboxylic acids is 3. The second-order valence-electron chi connectivity index (χ2n) is 6.70. The summed E-state index contributed by atoms with van der Waals surface area (Å²) in [6.07, 6.45) is 4.95. The van der Waals surface area contributed by atoms with E-state index in [9.17, 15) is 29.1 Å². The van der Waals surface area contributed by atoms with Crippen LogP contribution in [0.5, 0.6) is 0 Å². The smallest absolute Gasteiger partial charge is 0.326 e. The second kappa shape index (κ2) is 16.7. The summed E-state index contributed by atoms with van der Waals surface area (Å²) >= 11 is 0. The Labute approximate surface area is 191 Å². The van der Waals surface area contributed by atoms with Crippen LogP contribution in [-0.2, 0) is 14.4 Å². The zero-order chi connectivity index (χ0) is 25.2. The third kappa shape index (κ3) is 14.6. The van der Waals surface area contributed by atoms with Crippen LogP contribution in [0.15, 0.2) is 23.9 Å². The molecule has 7 N–H and O–H groups in total. The van der Waals surface area contributed by atoms with E-state index < -0.39 is 48.5 Å². The van der Waals surface area contributed by atoms with Gasteiger partial charge in [0.25, 0.3) is 0 Å². The fourth-order valence-corrected chi connectivity index (χ4v) is 2.45. The van der Waals surface area contributed by atoms with Gasteiger partial charge in [0.1, 0.15) is 12.1 Å². The minimum Gasteiger partial charge on any atom is -0.481 e. The van der Waals surface area contributed by atoms with Gasteiger partial charge in [-0.25, -0.2) is 19.2 Å². The van der Waals surface area contributed by atoms with E-state index in [0.29, 0.717) is 18.5 Å². The summed E-state index contributed by atoms with van der Waals surface area (Å²) in [5.74, 6) is 1.43. The largest absolute Gasteiger partial charge is 0.481 e. The summed E-state index contributed by atoms with van der Waals surface area (Å²) in [6.45, 7) is 3.71. The SMILES string of the molecule is CC#C/C=C(\C=C/C)NC(=O)NCCCCC(NC(=O)NC(CCC(=O)O)C(=O)O)C(=O)O. The Balaban J connectivity index is 4.50. The van der Waals surface area contributed by atoms with E-state index in [2.05, 4.69) is 33.1 Å². The average Bonchev–Trinajstić information content (AvgIpc) is 2.73. The van der Waals surface area contributed by atoms with Gasteiger partial charge in [-0.2, -0.15) is 0 Å². The first-order valence-electron chi connectivity index (χ1n) is 10.1. The van der Waals surface area contributed by atoms with Crippen molar-refractivity contribution in [3.8, 4) is 11.8 Å². The van der Waals surface area contributed by atoms with Gasteiger partial charge in [0.2, 0.25) is 0 Å². The maximum Gasteiger partial charge on any atom is 0.326 e. The quantitative estimate of drug-likeness (QED) is 0.112. The van der Waals surface area contributed by atoms with Crippen LogP contribution < -0.4 is 21.3 Å². The molecule has 0 aromatic carbocycles. The molecule has 0 aliphatic rings. The molecule has 0 radical (unpaired) electrons. The highest BCUT2D eigenvalue weighted by Crippen LogP contribution is 2.03. The Morgan fingerprint density at radius 1 is 0.909 bits per heavy atom. The van der Waals surface area contributed by atoms with Gasteiger partial charge in [-0.3, -0.25) is 4.79 Å². The molecular formula is C21H30N4O8. The molecule has 0 aromatic rings. The first kappa shape index (κ1) is 29.0. The number of amides is 4. The van der Waals surface area contributed by atoms with Gasteiger partial charge in [-0.1, -0.05) is 12.0 Å². The van der Waals surface area contributed by atoms with E-state index in [0.717, 1.165) is 0 Å². The Bertz CT molecular complexity index is 826. The van der Waals surface area contributed by atoms with E-state index >= 15 is 0 Å². The fraction of sp³-hybridized carbons (Fsp3) is 0.476. The molecule has 182 valence electrons. The second-order valence-corrected chi connectivity index (χ2v) is 6.70. The highest BCUT2D eigenvalue weighted by Gasteiger charge is 2.24. The van der Waals surface area contributed by atoms with Crippen LogP contribution in [0, 0.1) is 11.8 Å². The first-order valence-corrected chi connectivity index (χ1v) is 10.1. The van der Waals surface area contributed by atoms with Crippen molar-refractivity contribution in [2.45, 2.75) is 58.0 Å². The van der Waals surface area contributed by atoms with Crippen LogP contribution in [0.2, 0.25) is 0 Å². The normalized spacial score (nSPS) is 12.6. The molecule has 2 unspecified atom stereocenters. The Morgan fingerprint density at radius 3 is 2.03 bits per heavy atom. The molecule has 0 aliphatic carbocycles. The van der Waals surface area contributed by atoms with Gasteiger partial charge < -0.3 is 36.6 Å². The summed E-state index contributed by atoms with van der Waals surface area (Å²) in [5.41, 5.74) is 0.508. The predicted octanol–water partition coefficient (Wildman–Crippen LogP) is 1.01. The van der Waals surface area contributed by atoms with Gasteiger partial charge in [-0.15, -0.1) is 5.92 Å². The lowest BCUT2D eigenvalue weighted by atomic mass is 10.1. The van der Waals surface area contributed by atoms with Crippen molar-refractivity contribution in [3.63, 3.8) is 0 Å². The maximum absolute atomic E-state index is 11.9. The summed E-state index contributed by atoms with van der Waals surface area (Å²) in [7, 11) is 0. The lowest BCUT2D eigenvalue weighted by Crippen LogP contribution is -2.51. The number of aliphatic carboxylic acids is 3. The van der Waals surface area contributed by atoms with Crippen LogP contribution in [0.1, 0.15) is 46.0 Å². The van der Waals surface area contributed by atoms with E-state index in [-0.39, 0.29) is 19.4 Å². The van der Waals surface area contributed by atoms with E-state index in [1.54, 1.807) is 32.1 Å². The van der Waals surface area contributed by atoms with Crippen LogP contribution in [-0.4, -0.2) is 63.9 Å². The fourth-order valence-electron chi connectivity index (χ4n) is 2.45. The van der Waals surface area contributed by atoms with Crippen LogP contribution >= 0.6 is 0 Å². The number of allylic oxidation sites excluding steroid dienone is 3. The molecule has 0 saturated heterocycles. The van der Waals surface area contributed by atoms with Crippen molar-refractivity contribution in [3.05, 3.63) is 23.9 Å². The van der Waals surface area contributed by atoms with E-state index in [1.807, 2.05) is 0 Å². The molecule has 0 rings (SSSR count). The third-order valence-electron chi connectivity index (χ3n) is 4.03. The zero-order valence-corrected chi connectivity index (χ0v) is 18.5. The summed E-state index contributed by atoms with van der Waals surface area (Å²) in [4.78, 5) is 56.9. The minimum absolute atomic E-state index is 0.0364.